The van der Waals surface area contributed by atoms with Gasteiger partial charge in [0.25, 0.3) is 0 Å². The molecular weight excluding hydrogens is 484 g/mol. The molecule has 1 aliphatic heterocycles. The van der Waals surface area contributed by atoms with E-state index in [1.54, 1.807) is 30.3 Å². The molecule has 0 saturated carbocycles. The number of rotatable bonds is 7. The Morgan fingerprint density at radius 3 is 2.33 bits per heavy atom. The number of hydrogen-bond acceptors (Lipinski definition) is 4. The molecule has 0 aromatic heterocycles. The molecule has 7 heteroatoms. The number of fused-ring (bicyclic) bond motifs is 1. The lowest BCUT2D eigenvalue weighted by atomic mass is 9.99. The summed E-state index contributed by atoms with van der Waals surface area (Å²) in [4.78, 5) is 0. The van der Waals surface area contributed by atoms with Crippen LogP contribution in [-0.2, 0) is 0 Å². The van der Waals surface area contributed by atoms with Gasteiger partial charge in [0.05, 0.1) is 6.61 Å². The average molecular weight is 512 g/mol. The van der Waals surface area contributed by atoms with Crippen LogP contribution in [0.4, 0.5) is 8.78 Å². The summed E-state index contributed by atoms with van der Waals surface area (Å²) < 4.78 is 40.1. The molecule has 0 radical (unpaired) electrons. The molecule has 1 fully saturated rings. The van der Waals surface area contributed by atoms with Crippen molar-refractivity contribution in [3.63, 3.8) is 0 Å². The monoisotopic (exact) mass is 511 g/mol. The molecule has 4 nitrogen and oxygen atoms in total. The van der Waals surface area contributed by atoms with Gasteiger partial charge in [-0.3, -0.25) is 0 Å². The summed E-state index contributed by atoms with van der Waals surface area (Å²) in [6.45, 7) is 1.72. The lowest BCUT2D eigenvalue weighted by molar-refractivity contribution is 0.268. The zero-order valence-electron chi connectivity index (χ0n) is 19.7. The van der Waals surface area contributed by atoms with Gasteiger partial charge >= 0.3 is 0 Å². The Bertz CT molecular complexity index is 1300. The molecule has 36 heavy (non-hydrogen) atoms. The van der Waals surface area contributed by atoms with E-state index in [0.717, 1.165) is 30.2 Å². The third kappa shape index (κ3) is 6.07. The summed E-state index contributed by atoms with van der Waals surface area (Å²) in [7, 11) is 0. The predicted octanol–water partition coefficient (Wildman–Crippen LogP) is 7.62. The Labute approximate surface area is 215 Å². The van der Waals surface area contributed by atoms with Crippen molar-refractivity contribution in [1.82, 2.24) is 5.32 Å². The van der Waals surface area contributed by atoms with Crippen molar-refractivity contribution in [3.05, 3.63) is 84.4 Å². The van der Waals surface area contributed by atoms with Crippen LogP contribution in [0.1, 0.15) is 25.7 Å². The van der Waals surface area contributed by atoms with Crippen LogP contribution < -0.4 is 14.8 Å². The minimum atomic E-state index is -0.665. The number of hydrogen-bond donors (Lipinski definition) is 2. The highest BCUT2D eigenvalue weighted by molar-refractivity contribution is 5.96. The van der Waals surface area contributed by atoms with E-state index in [4.69, 9.17) is 9.47 Å². The fourth-order valence-electron chi connectivity index (χ4n) is 4.55. The Balaban J connectivity index is 0.00000304. The molecule has 1 unspecified atom stereocenters. The first kappa shape index (κ1) is 25.7. The lowest BCUT2D eigenvalue weighted by Gasteiger charge is -2.23. The molecule has 5 rings (SSSR count). The predicted molar refractivity (Wildman–Crippen MR) is 140 cm³/mol. The number of ether oxygens (including phenoxy) is 2. The first-order chi connectivity index (χ1) is 17.0. The summed E-state index contributed by atoms with van der Waals surface area (Å²) in [5.41, 5.74) is 0.908. The van der Waals surface area contributed by atoms with Crippen molar-refractivity contribution in [2.45, 2.75) is 31.7 Å². The van der Waals surface area contributed by atoms with Gasteiger partial charge in [0.2, 0.25) is 0 Å². The molecule has 1 saturated heterocycles. The van der Waals surface area contributed by atoms with E-state index in [-0.39, 0.29) is 18.2 Å². The van der Waals surface area contributed by atoms with E-state index < -0.39 is 11.6 Å². The van der Waals surface area contributed by atoms with Gasteiger partial charge in [-0.2, -0.15) is 0 Å². The fraction of sp³-hybridized carbons (Fsp3) is 0.241. The van der Waals surface area contributed by atoms with Gasteiger partial charge in [-0.15, -0.1) is 12.4 Å². The quantitative estimate of drug-likeness (QED) is 0.268. The van der Waals surface area contributed by atoms with Gasteiger partial charge in [-0.1, -0.05) is 12.5 Å². The largest absolute Gasteiger partial charge is 0.508 e. The van der Waals surface area contributed by atoms with Crippen molar-refractivity contribution < 1.29 is 23.4 Å². The Morgan fingerprint density at radius 2 is 1.61 bits per heavy atom. The van der Waals surface area contributed by atoms with Crippen molar-refractivity contribution >= 4 is 23.2 Å². The van der Waals surface area contributed by atoms with E-state index in [0.29, 0.717) is 40.7 Å². The van der Waals surface area contributed by atoms with Crippen molar-refractivity contribution in [3.8, 4) is 34.1 Å². The molecule has 1 atom stereocenters. The SMILES string of the molecule is Cl.Oc1ccc2c(Oc3ccc(OCCC4CCCCN4)cc3)c(-c3cc(F)cc(F)c3)ccc2c1. The van der Waals surface area contributed by atoms with Gasteiger partial charge in [-0.25, -0.2) is 8.78 Å². The maximum Gasteiger partial charge on any atom is 0.143 e. The molecule has 0 amide bonds. The minimum Gasteiger partial charge on any atom is -0.508 e. The first-order valence-electron chi connectivity index (χ1n) is 11.9. The summed E-state index contributed by atoms with van der Waals surface area (Å²) in [5.74, 6) is 0.555. The van der Waals surface area contributed by atoms with Crippen molar-refractivity contribution in [1.29, 1.82) is 0 Å². The third-order valence-electron chi connectivity index (χ3n) is 6.32. The highest BCUT2D eigenvalue weighted by Crippen LogP contribution is 2.41. The zero-order chi connectivity index (χ0) is 24.2. The molecule has 0 aliphatic carbocycles. The standard InChI is InChI=1S/C29H27F2NO3.ClH/c30-21-15-20(16-22(31)18-21)28-10-4-19-17-24(33)5-11-27(19)29(28)35-26-8-6-25(7-9-26)34-14-12-23-3-1-2-13-32-23;/h4-11,15-18,23,32-33H,1-3,12-14H2;1H. The van der Waals surface area contributed by atoms with Crippen LogP contribution >= 0.6 is 12.4 Å². The van der Waals surface area contributed by atoms with Crippen LogP contribution in [0.25, 0.3) is 21.9 Å². The second-order valence-corrected chi connectivity index (χ2v) is 8.86. The van der Waals surface area contributed by atoms with Crippen LogP contribution in [-0.4, -0.2) is 24.3 Å². The molecule has 1 aliphatic rings. The second kappa shape index (κ2) is 11.6. The van der Waals surface area contributed by atoms with E-state index in [9.17, 15) is 13.9 Å². The fourth-order valence-corrected chi connectivity index (χ4v) is 4.55. The number of phenols is 1. The van der Waals surface area contributed by atoms with Crippen LogP contribution in [0.3, 0.4) is 0 Å². The number of benzene rings is 4. The smallest absolute Gasteiger partial charge is 0.143 e. The van der Waals surface area contributed by atoms with Crippen LogP contribution in [0.15, 0.2) is 72.8 Å². The Morgan fingerprint density at radius 1 is 0.861 bits per heavy atom. The van der Waals surface area contributed by atoms with E-state index >= 15 is 0 Å². The molecule has 4 aromatic carbocycles. The Hall–Kier alpha value is -3.35. The molecule has 2 N–H and O–H groups in total. The molecule has 1 heterocycles. The maximum absolute atomic E-state index is 14.0. The van der Waals surface area contributed by atoms with Crippen LogP contribution in [0.5, 0.6) is 23.0 Å². The van der Waals surface area contributed by atoms with E-state index in [2.05, 4.69) is 5.32 Å². The highest BCUT2D eigenvalue weighted by Gasteiger charge is 2.15. The Kier molecular flexibility index (Phi) is 8.28. The summed E-state index contributed by atoms with van der Waals surface area (Å²) in [6, 6.07) is 19.7. The van der Waals surface area contributed by atoms with Crippen molar-refractivity contribution in [2.75, 3.05) is 13.2 Å². The highest BCUT2D eigenvalue weighted by atomic mass is 35.5. The lowest BCUT2D eigenvalue weighted by Crippen LogP contribution is -2.35. The summed E-state index contributed by atoms with van der Waals surface area (Å²) in [6.07, 6.45) is 4.67. The number of aromatic hydroxyl groups is 1. The molecule has 0 bridgehead atoms. The molecule has 188 valence electrons. The van der Waals surface area contributed by atoms with E-state index in [1.165, 1.54) is 31.4 Å². The van der Waals surface area contributed by atoms with Crippen LogP contribution in [0, 0.1) is 11.6 Å². The van der Waals surface area contributed by atoms with Gasteiger partial charge in [0.15, 0.2) is 0 Å². The van der Waals surface area contributed by atoms with E-state index in [1.807, 2.05) is 24.3 Å². The molecule has 4 aromatic rings. The number of piperidine rings is 1. The molecular formula is C29H28ClF2NO3. The summed E-state index contributed by atoms with van der Waals surface area (Å²) in [5, 5.41) is 14.9. The molecule has 0 spiro atoms. The van der Waals surface area contributed by atoms with Gasteiger partial charge in [0.1, 0.15) is 34.6 Å². The third-order valence-corrected chi connectivity index (χ3v) is 6.32. The van der Waals surface area contributed by atoms with Crippen LogP contribution in [0.2, 0.25) is 0 Å². The number of halogens is 3. The van der Waals surface area contributed by atoms with Crippen molar-refractivity contribution in [2.24, 2.45) is 0 Å². The zero-order valence-corrected chi connectivity index (χ0v) is 20.5. The average Bonchev–Trinajstić information content (AvgIpc) is 2.85. The number of phenolic OH excluding ortho intramolecular Hbond substituents is 1. The number of nitrogens with one attached hydrogen (secondary N) is 1. The summed E-state index contributed by atoms with van der Waals surface area (Å²) >= 11 is 0. The van der Waals surface area contributed by atoms with Gasteiger partial charge in [0, 0.05) is 23.1 Å². The topological polar surface area (TPSA) is 50.7 Å². The van der Waals surface area contributed by atoms with Gasteiger partial charge in [-0.05, 0) is 97.4 Å². The maximum atomic E-state index is 14.0. The van der Waals surface area contributed by atoms with Gasteiger partial charge < -0.3 is 19.9 Å². The normalized spacial score (nSPS) is 15.3. The first-order valence-corrected chi connectivity index (χ1v) is 11.9. The second-order valence-electron chi connectivity index (χ2n) is 8.86. The minimum absolute atomic E-state index is 0.